The largest absolute Gasteiger partial charge is 0.340 e. The molecule has 0 saturated carbocycles. The Labute approximate surface area is 238 Å². The van der Waals surface area contributed by atoms with Gasteiger partial charge in [0, 0.05) is 50.1 Å². The minimum absolute atomic E-state index is 0.0173. The first kappa shape index (κ1) is 27.1. The van der Waals surface area contributed by atoms with Crippen LogP contribution in [-0.2, 0) is 21.2 Å². The molecule has 40 heavy (non-hydrogen) atoms. The monoisotopic (exact) mass is 577 g/mol. The van der Waals surface area contributed by atoms with Crippen LogP contribution in [0.5, 0.6) is 0 Å². The van der Waals surface area contributed by atoms with Crippen LogP contribution in [0.2, 0.25) is 0 Å². The zero-order chi connectivity index (χ0) is 27.9. The van der Waals surface area contributed by atoms with Gasteiger partial charge in [-0.25, -0.2) is 12.8 Å². The molecular weight excluding hydrogens is 545 g/mol. The van der Waals surface area contributed by atoms with Crippen LogP contribution in [0.4, 0.5) is 4.39 Å². The Hall–Kier alpha value is -3.11. The summed E-state index contributed by atoms with van der Waals surface area (Å²) in [6, 6.07) is 21.3. The smallest absolute Gasteiger partial charge is 0.243 e. The summed E-state index contributed by atoms with van der Waals surface area (Å²) in [4.78, 5) is 19.0. The van der Waals surface area contributed by atoms with Gasteiger partial charge in [0.15, 0.2) is 0 Å². The van der Waals surface area contributed by atoms with E-state index in [4.69, 9.17) is 0 Å². The molecule has 1 saturated heterocycles. The summed E-state index contributed by atoms with van der Waals surface area (Å²) in [5.41, 5.74) is 2.09. The summed E-state index contributed by atoms with van der Waals surface area (Å²) in [5.74, 6) is -0.245. The summed E-state index contributed by atoms with van der Waals surface area (Å²) in [5, 5.41) is 3.96. The quantitative estimate of drug-likeness (QED) is 0.312. The second-order valence-electron chi connectivity index (χ2n) is 10.6. The zero-order valence-corrected chi connectivity index (χ0v) is 24.0. The molecule has 4 aromatic rings. The van der Waals surface area contributed by atoms with Crippen molar-refractivity contribution in [3.05, 3.63) is 100.0 Å². The first-order valence-corrected chi connectivity index (χ1v) is 16.0. The van der Waals surface area contributed by atoms with E-state index < -0.39 is 10.0 Å². The lowest BCUT2D eigenvalue weighted by Gasteiger charge is -2.40. The second kappa shape index (κ2) is 11.0. The van der Waals surface area contributed by atoms with Crippen LogP contribution in [0.25, 0.3) is 10.8 Å². The molecule has 2 aliphatic heterocycles. The lowest BCUT2D eigenvalue weighted by Crippen LogP contribution is -2.55. The number of benzene rings is 3. The Bertz CT molecular complexity index is 1650. The Morgan fingerprint density at radius 1 is 0.975 bits per heavy atom. The van der Waals surface area contributed by atoms with Gasteiger partial charge in [-0.3, -0.25) is 9.69 Å². The minimum Gasteiger partial charge on any atom is -0.340 e. The van der Waals surface area contributed by atoms with Crippen molar-refractivity contribution < 1.29 is 17.6 Å². The van der Waals surface area contributed by atoms with Crippen molar-refractivity contribution in [3.63, 3.8) is 0 Å². The fourth-order valence-corrected chi connectivity index (χ4v) is 8.61. The highest BCUT2D eigenvalue weighted by atomic mass is 32.2. The molecular formula is C31H32FN3O3S2. The predicted molar refractivity (Wildman–Crippen MR) is 156 cm³/mol. The molecule has 0 N–H and O–H groups in total. The molecule has 2 atom stereocenters. The van der Waals surface area contributed by atoms with Crippen molar-refractivity contribution in [2.75, 3.05) is 32.7 Å². The highest BCUT2D eigenvalue weighted by Crippen LogP contribution is 2.38. The molecule has 0 bridgehead atoms. The van der Waals surface area contributed by atoms with Gasteiger partial charge in [-0.1, -0.05) is 42.5 Å². The van der Waals surface area contributed by atoms with Gasteiger partial charge in [0.2, 0.25) is 15.9 Å². The van der Waals surface area contributed by atoms with Crippen LogP contribution in [0.15, 0.2) is 83.1 Å². The Balaban J connectivity index is 1.12. The van der Waals surface area contributed by atoms with Gasteiger partial charge in [-0.2, -0.15) is 4.31 Å². The van der Waals surface area contributed by atoms with E-state index in [9.17, 15) is 17.6 Å². The highest BCUT2D eigenvalue weighted by molar-refractivity contribution is 7.89. The third-order valence-corrected chi connectivity index (χ3v) is 11.1. The number of sulfonamides is 1. The van der Waals surface area contributed by atoms with Crippen LogP contribution in [0.3, 0.4) is 0 Å². The molecule has 0 radical (unpaired) electrons. The Morgan fingerprint density at radius 3 is 2.60 bits per heavy atom. The SMILES string of the molecule is C[C@H]1CN(C(=O)CCN2CCc3sccc3[C@H]2c2cccc(F)c2)CCN1S(=O)(=O)c1ccc2ccccc2c1. The van der Waals surface area contributed by atoms with Gasteiger partial charge in [0.1, 0.15) is 5.82 Å². The van der Waals surface area contributed by atoms with Gasteiger partial charge in [0.25, 0.3) is 0 Å². The highest BCUT2D eigenvalue weighted by Gasteiger charge is 2.36. The number of amides is 1. The van der Waals surface area contributed by atoms with E-state index in [0.29, 0.717) is 26.1 Å². The third-order valence-electron chi connectivity index (χ3n) is 8.09. The van der Waals surface area contributed by atoms with E-state index in [1.807, 2.05) is 43.3 Å². The molecule has 0 unspecified atom stereocenters. The molecule has 0 aliphatic carbocycles. The number of carbonyl (C=O) groups is 1. The number of halogens is 1. The topological polar surface area (TPSA) is 60.9 Å². The minimum atomic E-state index is -3.69. The van der Waals surface area contributed by atoms with Crippen LogP contribution < -0.4 is 0 Å². The molecule has 0 spiro atoms. The van der Waals surface area contributed by atoms with E-state index in [-0.39, 0.29) is 35.2 Å². The average molecular weight is 578 g/mol. The lowest BCUT2D eigenvalue weighted by molar-refractivity contribution is -0.133. The predicted octanol–water partition coefficient (Wildman–Crippen LogP) is 5.30. The van der Waals surface area contributed by atoms with Crippen LogP contribution in [-0.4, -0.2) is 67.2 Å². The van der Waals surface area contributed by atoms with E-state index >= 15 is 0 Å². The fourth-order valence-electron chi connectivity index (χ4n) is 6.06. The maximum absolute atomic E-state index is 14.1. The Morgan fingerprint density at radius 2 is 1.80 bits per heavy atom. The molecule has 6 rings (SSSR count). The van der Waals surface area contributed by atoms with Crippen LogP contribution >= 0.6 is 11.3 Å². The maximum atomic E-state index is 14.1. The molecule has 9 heteroatoms. The van der Waals surface area contributed by atoms with Crippen LogP contribution in [0, 0.1) is 5.82 Å². The number of hydrogen-bond donors (Lipinski definition) is 0. The number of hydrogen-bond acceptors (Lipinski definition) is 5. The molecule has 1 fully saturated rings. The second-order valence-corrected chi connectivity index (χ2v) is 13.5. The summed E-state index contributed by atoms with van der Waals surface area (Å²) in [6.07, 6.45) is 1.24. The number of rotatable bonds is 6. The van der Waals surface area contributed by atoms with Crippen LogP contribution in [0.1, 0.15) is 35.4 Å². The number of piperazine rings is 1. The van der Waals surface area contributed by atoms with Crippen molar-refractivity contribution in [2.24, 2.45) is 0 Å². The van der Waals surface area contributed by atoms with E-state index in [1.165, 1.54) is 20.8 Å². The number of nitrogens with zero attached hydrogens (tertiary/aromatic N) is 3. The molecule has 208 valence electrons. The van der Waals surface area contributed by atoms with Gasteiger partial charge in [0.05, 0.1) is 10.9 Å². The number of carbonyl (C=O) groups excluding carboxylic acids is 1. The zero-order valence-electron chi connectivity index (χ0n) is 22.4. The van der Waals surface area contributed by atoms with E-state index in [2.05, 4.69) is 16.3 Å². The summed E-state index contributed by atoms with van der Waals surface area (Å²) in [6.45, 7) is 4.19. The summed E-state index contributed by atoms with van der Waals surface area (Å²) < 4.78 is 42.7. The molecule has 1 amide bonds. The van der Waals surface area contributed by atoms with Crippen molar-refractivity contribution in [3.8, 4) is 0 Å². The Kier molecular flexibility index (Phi) is 7.48. The van der Waals surface area contributed by atoms with Crippen molar-refractivity contribution in [1.82, 2.24) is 14.1 Å². The summed E-state index contributed by atoms with van der Waals surface area (Å²) >= 11 is 1.73. The van der Waals surface area contributed by atoms with Gasteiger partial charge >= 0.3 is 0 Å². The van der Waals surface area contributed by atoms with Crippen molar-refractivity contribution in [2.45, 2.75) is 36.7 Å². The summed E-state index contributed by atoms with van der Waals surface area (Å²) in [7, 11) is -3.69. The lowest BCUT2D eigenvalue weighted by atomic mass is 9.93. The molecule has 1 aromatic heterocycles. The van der Waals surface area contributed by atoms with Gasteiger partial charge < -0.3 is 4.90 Å². The fraction of sp³-hybridized carbons (Fsp3) is 0.323. The molecule has 6 nitrogen and oxygen atoms in total. The average Bonchev–Trinajstić information content (AvgIpc) is 3.44. The van der Waals surface area contributed by atoms with Crippen molar-refractivity contribution in [1.29, 1.82) is 0 Å². The van der Waals surface area contributed by atoms with E-state index in [1.54, 1.807) is 40.5 Å². The van der Waals surface area contributed by atoms with Gasteiger partial charge in [-0.15, -0.1) is 11.3 Å². The molecule has 3 aromatic carbocycles. The van der Waals surface area contributed by atoms with Crippen molar-refractivity contribution >= 4 is 38.0 Å². The number of thiophene rings is 1. The maximum Gasteiger partial charge on any atom is 0.243 e. The normalized spacial score (nSPS) is 20.5. The number of fused-ring (bicyclic) bond motifs is 2. The third kappa shape index (κ3) is 5.19. The van der Waals surface area contributed by atoms with E-state index in [0.717, 1.165) is 29.3 Å². The first-order valence-electron chi connectivity index (χ1n) is 13.7. The standard InChI is InChI=1S/C31H32FN3O3S2/c1-22-21-34(16-17-35(22)40(37,38)27-10-9-23-5-2-3-6-24(23)20-27)30(36)12-15-33-14-11-29-28(13-18-39-29)31(33)25-7-4-8-26(32)19-25/h2-10,13,18-20,22,31H,11-12,14-17,21H2,1H3/t22-,31+/m0/s1. The first-order chi connectivity index (χ1) is 19.3. The molecule has 2 aliphatic rings. The molecule has 3 heterocycles. The van der Waals surface area contributed by atoms with Gasteiger partial charge in [-0.05, 0) is 71.0 Å².